The number of nitrogens with one attached hydrogen (secondary N) is 1. The largest absolute Gasteiger partial charge is 0.494 e. The fourth-order valence-corrected chi connectivity index (χ4v) is 4.08. The van der Waals surface area contributed by atoms with E-state index in [9.17, 15) is 4.79 Å². The number of hydrogen-bond donors (Lipinski definition) is 1. The minimum atomic E-state index is -0.0532. The van der Waals surface area contributed by atoms with Gasteiger partial charge >= 0.3 is 0 Å². The van der Waals surface area contributed by atoms with E-state index in [0.717, 1.165) is 22.8 Å². The van der Waals surface area contributed by atoms with Crippen molar-refractivity contribution in [2.75, 3.05) is 18.5 Å². The normalized spacial score (nSPS) is 10.9. The van der Waals surface area contributed by atoms with Crippen LogP contribution < -0.4 is 14.8 Å². The van der Waals surface area contributed by atoms with Gasteiger partial charge in [-0.25, -0.2) is 4.98 Å². The quantitative estimate of drug-likeness (QED) is 0.370. The summed E-state index contributed by atoms with van der Waals surface area (Å²) in [4.78, 5) is 16.8. The van der Waals surface area contributed by atoms with Crippen LogP contribution in [0.1, 0.15) is 50.7 Å². The Morgan fingerprint density at radius 1 is 1.10 bits per heavy atom. The fourth-order valence-electron chi connectivity index (χ4n) is 3.34. The molecule has 0 bridgehead atoms. The van der Waals surface area contributed by atoms with Crippen LogP contribution >= 0.6 is 11.3 Å². The van der Waals surface area contributed by atoms with Crippen molar-refractivity contribution in [3.8, 4) is 22.8 Å². The molecular formula is C25H30N2O3S. The summed E-state index contributed by atoms with van der Waals surface area (Å²) in [5, 5.41) is 5.43. The minimum absolute atomic E-state index is 0.0532. The maximum Gasteiger partial charge on any atom is 0.226 e. The molecule has 0 atom stereocenters. The number of carbonyl (C=O) groups is 1. The van der Waals surface area contributed by atoms with Crippen molar-refractivity contribution in [2.24, 2.45) is 0 Å². The molecule has 1 aromatic heterocycles. The van der Waals surface area contributed by atoms with Gasteiger partial charge in [-0.3, -0.25) is 4.79 Å². The number of anilines is 1. The molecule has 0 saturated carbocycles. The van der Waals surface area contributed by atoms with Crippen LogP contribution in [0.2, 0.25) is 0 Å². The van der Waals surface area contributed by atoms with E-state index in [4.69, 9.17) is 9.47 Å². The van der Waals surface area contributed by atoms with Crippen molar-refractivity contribution in [1.82, 2.24) is 4.98 Å². The molecule has 2 aromatic carbocycles. The van der Waals surface area contributed by atoms with Gasteiger partial charge in [0.1, 0.15) is 11.5 Å². The first-order valence-electron chi connectivity index (χ1n) is 10.7. The molecule has 1 N–H and O–H groups in total. The average Bonchev–Trinajstić information content (AvgIpc) is 3.20. The van der Waals surface area contributed by atoms with Gasteiger partial charge in [0.05, 0.1) is 18.9 Å². The molecule has 0 radical (unpaired) electrons. The van der Waals surface area contributed by atoms with Gasteiger partial charge < -0.3 is 14.8 Å². The summed E-state index contributed by atoms with van der Waals surface area (Å²) in [6.45, 7) is 9.58. The number of aryl methyl sites for hydroxylation is 1. The third-order valence-electron chi connectivity index (χ3n) is 4.89. The van der Waals surface area contributed by atoms with Crippen LogP contribution in [0.15, 0.2) is 47.8 Å². The van der Waals surface area contributed by atoms with E-state index in [0.29, 0.717) is 37.1 Å². The highest BCUT2D eigenvalue weighted by molar-refractivity contribution is 7.14. The Morgan fingerprint density at radius 3 is 2.52 bits per heavy atom. The molecule has 0 unspecified atom stereocenters. The zero-order valence-electron chi connectivity index (χ0n) is 18.6. The first kappa shape index (κ1) is 22.8. The smallest absolute Gasteiger partial charge is 0.226 e. The van der Waals surface area contributed by atoms with E-state index >= 15 is 0 Å². The second-order valence-electron chi connectivity index (χ2n) is 7.67. The summed E-state index contributed by atoms with van der Waals surface area (Å²) in [7, 11) is 0. The monoisotopic (exact) mass is 438 g/mol. The Kier molecular flexibility index (Phi) is 8.06. The molecule has 0 spiro atoms. The number of amides is 1. The van der Waals surface area contributed by atoms with Crippen LogP contribution in [-0.2, 0) is 4.79 Å². The standard InChI is InChI=1S/C25H30N2O3S/c1-5-29-20-10-8-19(9-11-20)23-16-31-25(26-23)27-24(28)7-6-14-30-21-12-13-22(17(2)3)18(4)15-21/h8-13,15-17H,5-7,14H2,1-4H3,(H,26,27,28). The van der Waals surface area contributed by atoms with E-state index < -0.39 is 0 Å². The maximum absolute atomic E-state index is 12.2. The van der Waals surface area contributed by atoms with Gasteiger partial charge in [-0.15, -0.1) is 11.3 Å². The highest BCUT2D eigenvalue weighted by Gasteiger charge is 2.09. The van der Waals surface area contributed by atoms with Crippen molar-refractivity contribution in [1.29, 1.82) is 0 Å². The number of aromatic nitrogens is 1. The van der Waals surface area contributed by atoms with E-state index in [1.165, 1.54) is 22.5 Å². The minimum Gasteiger partial charge on any atom is -0.494 e. The maximum atomic E-state index is 12.2. The van der Waals surface area contributed by atoms with E-state index in [1.54, 1.807) is 0 Å². The van der Waals surface area contributed by atoms with Gasteiger partial charge in [-0.1, -0.05) is 19.9 Å². The van der Waals surface area contributed by atoms with Crippen molar-refractivity contribution in [2.45, 2.75) is 46.5 Å². The Morgan fingerprint density at radius 2 is 1.84 bits per heavy atom. The van der Waals surface area contributed by atoms with Gasteiger partial charge in [0.2, 0.25) is 5.91 Å². The van der Waals surface area contributed by atoms with Gasteiger partial charge in [0.25, 0.3) is 0 Å². The number of rotatable bonds is 10. The second kappa shape index (κ2) is 11.0. The zero-order chi connectivity index (χ0) is 22.2. The molecule has 1 amide bonds. The summed E-state index contributed by atoms with van der Waals surface area (Å²) in [6, 6.07) is 14.0. The summed E-state index contributed by atoms with van der Waals surface area (Å²) in [5.41, 5.74) is 4.40. The Hall–Kier alpha value is -2.86. The van der Waals surface area contributed by atoms with E-state index in [1.807, 2.05) is 42.6 Å². The van der Waals surface area contributed by atoms with Gasteiger partial charge in [-0.2, -0.15) is 0 Å². The molecule has 5 nitrogen and oxygen atoms in total. The van der Waals surface area contributed by atoms with Crippen LogP contribution in [0.25, 0.3) is 11.3 Å². The highest BCUT2D eigenvalue weighted by atomic mass is 32.1. The predicted molar refractivity (Wildman–Crippen MR) is 127 cm³/mol. The molecular weight excluding hydrogens is 408 g/mol. The molecule has 164 valence electrons. The molecule has 0 aliphatic rings. The Bertz CT molecular complexity index is 996. The number of hydrogen-bond acceptors (Lipinski definition) is 5. The van der Waals surface area contributed by atoms with E-state index in [-0.39, 0.29) is 5.91 Å². The number of carbonyl (C=O) groups excluding carboxylic acids is 1. The van der Waals surface area contributed by atoms with Crippen molar-refractivity contribution in [3.05, 3.63) is 59.0 Å². The topological polar surface area (TPSA) is 60.5 Å². The number of ether oxygens (including phenoxy) is 2. The third kappa shape index (κ3) is 6.56. The number of thiazole rings is 1. The van der Waals surface area contributed by atoms with Crippen LogP contribution in [0.4, 0.5) is 5.13 Å². The lowest BCUT2D eigenvalue weighted by Gasteiger charge is -2.12. The first-order chi connectivity index (χ1) is 15.0. The molecule has 0 fully saturated rings. The van der Waals surface area contributed by atoms with E-state index in [2.05, 4.69) is 43.2 Å². The van der Waals surface area contributed by atoms with Crippen molar-refractivity contribution < 1.29 is 14.3 Å². The van der Waals surface area contributed by atoms with Crippen LogP contribution in [0.3, 0.4) is 0 Å². The zero-order valence-corrected chi connectivity index (χ0v) is 19.4. The summed E-state index contributed by atoms with van der Waals surface area (Å²) in [5.74, 6) is 2.13. The fraction of sp³-hybridized carbons (Fsp3) is 0.360. The van der Waals surface area contributed by atoms with Gasteiger partial charge in [-0.05, 0) is 73.7 Å². The van der Waals surface area contributed by atoms with Crippen molar-refractivity contribution >= 4 is 22.4 Å². The van der Waals surface area contributed by atoms with Crippen LogP contribution in [0, 0.1) is 6.92 Å². The second-order valence-corrected chi connectivity index (χ2v) is 8.53. The summed E-state index contributed by atoms with van der Waals surface area (Å²) < 4.78 is 11.3. The lowest BCUT2D eigenvalue weighted by Crippen LogP contribution is -2.12. The molecule has 31 heavy (non-hydrogen) atoms. The highest BCUT2D eigenvalue weighted by Crippen LogP contribution is 2.27. The molecule has 6 heteroatoms. The van der Waals surface area contributed by atoms with Gasteiger partial charge in [0, 0.05) is 17.4 Å². The molecule has 0 saturated heterocycles. The predicted octanol–water partition coefficient (Wildman–Crippen LogP) is 6.44. The van der Waals surface area contributed by atoms with Crippen LogP contribution in [-0.4, -0.2) is 24.1 Å². The molecule has 3 rings (SSSR count). The Labute approximate surface area is 188 Å². The summed E-state index contributed by atoms with van der Waals surface area (Å²) in [6.07, 6.45) is 1.04. The lowest BCUT2D eigenvalue weighted by atomic mass is 9.98. The number of benzene rings is 2. The molecule has 3 aromatic rings. The lowest BCUT2D eigenvalue weighted by molar-refractivity contribution is -0.116. The van der Waals surface area contributed by atoms with Crippen molar-refractivity contribution in [3.63, 3.8) is 0 Å². The molecule has 0 aliphatic heterocycles. The first-order valence-corrected chi connectivity index (χ1v) is 11.6. The summed E-state index contributed by atoms with van der Waals surface area (Å²) >= 11 is 1.42. The third-order valence-corrected chi connectivity index (χ3v) is 5.65. The molecule has 1 heterocycles. The SMILES string of the molecule is CCOc1ccc(-c2csc(NC(=O)CCCOc3ccc(C(C)C)c(C)c3)n2)cc1. The van der Waals surface area contributed by atoms with Gasteiger partial charge in [0.15, 0.2) is 5.13 Å². The van der Waals surface area contributed by atoms with Crippen LogP contribution in [0.5, 0.6) is 11.5 Å². The number of nitrogens with zero attached hydrogens (tertiary/aromatic N) is 1. The Balaban J connectivity index is 1.43. The average molecular weight is 439 g/mol. The molecule has 0 aliphatic carbocycles.